The van der Waals surface area contributed by atoms with E-state index in [0.29, 0.717) is 12.8 Å². The van der Waals surface area contributed by atoms with Gasteiger partial charge in [0.05, 0.1) is 12.2 Å². The number of nitrogens with zero attached hydrogens (tertiary/aromatic N) is 1. The third-order valence-electron chi connectivity index (χ3n) is 5.26. The Morgan fingerprint density at radius 1 is 1.22 bits per heavy atom. The highest BCUT2D eigenvalue weighted by Crippen LogP contribution is 2.45. The molecule has 1 aromatic rings. The molecular formula is C17H26F3N3. The molecule has 3 unspecified atom stereocenters. The molecule has 0 bridgehead atoms. The van der Waals surface area contributed by atoms with Gasteiger partial charge in [0.2, 0.25) is 0 Å². The quantitative estimate of drug-likeness (QED) is 0.834. The van der Waals surface area contributed by atoms with Crippen LogP contribution in [-0.2, 0) is 5.54 Å². The second kappa shape index (κ2) is 6.42. The van der Waals surface area contributed by atoms with E-state index in [-0.39, 0.29) is 11.5 Å². The van der Waals surface area contributed by atoms with Crippen molar-refractivity contribution in [1.82, 2.24) is 10.2 Å². The first-order valence-corrected chi connectivity index (χ1v) is 7.93. The SMILES string of the molecule is CC1CC(c2ccccc2)(N(C)C)CCC1(N)NCC(F)(F)F. The van der Waals surface area contributed by atoms with E-state index >= 15 is 0 Å². The molecule has 3 nitrogen and oxygen atoms in total. The Bertz CT molecular complexity index is 518. The number of halogens is 3. The standard InChI is InChI=1S/C17H26F3N3/c1-13-11-15(23(2)3,14-7-5-4-6-8-14)9-10-16(13,21)22-12-17(18,19)20/h4-8,13,22H,9-12,21H2,1-3H3. The minimum atomic E-state index is -4.25. The van der Waals surface area contributed by atoms with Crippen LogP contribution in [0.15, 0.2) is 30.3 Å². The molecule has 0 radical (unpaired) electrons. The highest BCUT2D eigenvalue weighted by molar-refractivity contribution is 5.26. The predicted molar refractivity (Wildman–Crippen MR) is 85.8 cm³/mol. The smallest absolute Gasteiger partial charge is 0.313 e. The van der Waals surface area contributed by atoms with Crippen molar-refractivity contribution in [2.24, 2.45) is 11.7 Å². The number of alkyl halides is 3. The second-order valence-electron chi connectivity index (χ2n) is 6.91. The molecule has 130 valence electrons. The fraction of sp³-hybridized carbons (Fsp3) is 0.647. The average Bonchev–Trinajstić information content (AvgIpc) is 2.48. The number of rotatable bonds is 4. The van der Waals surface area contributed by atoms with E-state index < -0.39 is 18.4 Å². The van der Waals surface area contributed by atoms with Crippen molar-refractivity contribution >= 4 is 0 Å². The molecule has 1 aliphatic carbocycles. The van der Waals surface area contributed by atoms with Crippen LogP contribution in [0.1, 0.15) is 31.7 Å². The monoisotopic (exact) mass is 329 g/mol. The molecule has 23 heavy (non-hydrogen) atoms. The Kier molecular flexibility index (Phi) is 5.09. The van der Waals surface area contributed by atoms with Crippen LogP contribution in [0.5, 0.6) is 0 Å². The Balaban J connectivity index is 2.20. The molecule has 1 saturated carbocycles. The highest BCUT2D eigenvalue weighted by Gasteiger charge is 2.48. The summed E-state index contributed by atoms with van der Waals surface area (Å²) in [5, 5.41) is 2.55. The van der Waals surface area contributed by atoms with Gasteiger partial charge in [-0.15, -0.1) is 0 Å². The number of hydrogen-bond acceptors (Lipinski definition) is 3. The van der Waals surface area contributed by atoms with Crippen molar-refractivity contribution < 1.29 is 13.2 Å². The van der Waals surface area contributed by atoms with Gasteiger partial charge in [-0.25, -0.2) is 0 Å². The first-order chi connectivity index (χ1) is 10.6. The van der Waals surface area contributed by atoms with Gasteiger partial charge < -0.3 is 5.73 Å². The molecule has 0 heterocycles. The van der Waals surface area contributed by atoms with Crippen LogP contribution in [0.3, 0.4) is 0 Å². The fourth-order valence-corrected chi connectivity index (χ4v) is 3.65. The Morgan fingerprint density at radius 2 is 1.83 bits per heavy atom. The van der Waals surface area contributed by atoms with Gasteiger partial charge in [-0.3, -0.25) is 10.2 Å². The van der Waals surface area contributed by atoms with E-state index in [9.17, 15) is 13.2 Å². The summed E-state index contributed by atoms with van der Waals surface area (Å²) in [6, 6.07) is 10.1. The minimum Gasteiger partial charge on any atom is -0.313 e. The summed E-state index contributed by atoms with van der Waals surface area (Å²) < 4.78 is 37.6. The summed E-state index contributed by atoms with van der Waals surface area (Å²) in [5.41, 5.74) is 6.30. The van der Waals surface area contributed by atoms with Crippen molar-refractivity contribution in [1.29, 1.82) is 0 Å². The normalized spacial score (nSPS) is 32.3. The topological polar surface area (TPSA) is 41.3 Å². The fourth-order valence-electron chi connectivity index (χ4n) is 3.65. The average molecular weight is 329 g/mol. The second-order valence-corrected chi connectivity index (χ2v) is 6.91. The van der Waals surface area contributed by atoms with Gasteiger partial charge in [0, 0.05) is 5.54 Å². The molecule has 1 aromatic carbocycles. The predicted octanol–water partition coefficient (Wildman–Crippen LogP) is 3.07. The third kappa shape index (κ3) is 3.87. The first-order valence-electron chi connectivity index (χ1n) is 7.93. The lowest BCUT2D eigenvalue weighted by atomic mass is 9.67. The molecular weight excluding hydrogens is 303 g/mol. The number of nitrogens with one attached hydrogen (secondary N) is 1. The lowest BCUT2D eigenvalue weighted by Gasteiger charge is -2.52. The zero-order valence-corrected chi connectivity index (χ0v) is 14.0. The Hall–Kier alpha value is -1.11. The van der Waals surface area contributed by atoms with Gasteiger partial charge in [-0.05, 0) is 44.8 Å². The molecule has 3 N–H and O–H groups in total. The van der Waals surface area contributed by atoms with Crippen molar-refractivity contribution in [2.45, 2.75) is 43.6 Å². The summed E-state index contributed by atoms with van der Waals surface area (Å²) in [6.07, 6.45) is -2.32. The Morgan fingerprint density at radius 3 is 2.30 bits per heavy atom. The lowest BCUT2D eigenvalue weighted by molar-refractivity contribution is -0.132. The lowest BCUT2D eigenvalue weighted by Crippen LogP contribution is -2.65. The molecule has 6 heteroatoms. The highest BCUT2D eigenvalue weighted by atomic mass is 19.4. The first kappa shape index (κ1) is 18.2. The van der Waals surface area contributed by atoms with E-state index in [0.717, 1.165) is 6.42 Å². The van der Waals surface area contributed by atoms with E-state index in [1.165, 1.54) is 5.56 Å². The van der Waals surface area contributed by atoms with Gasteiger partial charge in [0.1, 0.15) is 0 Å². The van der Waals surface area contributed by atoms with Crippen LogP contribution < -0.4 is 11.1 Å². The summed E-state index contributed by atoms with van der Waals surface area (Å²) in [4.78, 5) is 2.17. The van der Waals surface area contributed by atoms with Gasteiger partial charge >= 0.3 is 6.18 Å². The summed E-state index contributed by atoms with van der Waals surface area (Å²) in [6.45, 7) is 0.887. The molecule has 0 aliphatic heterocycles. The minimum absolute atomic E-state index is 0.0822. The molecule has 0 spiro atoms. The molecule has 1 fully saturated rings. The van der Waals surface area contributed by atoms with E-state index in [1.54, 1.807) is 0 Å². The zero-order valence-electron chi connectivity index (χ0n) is 14.0. The molecule has 0 saturated heterocycles. The zero-order chi connectivity index (χ0) is 17.3. The van der Waals surface area contributed by atoms with Crippen LogP contribution >= 0.6 is 0 Å². The van der Waals surface area contributed by atoms with Gasteiger partial charge in [-0.1, -0.05) is 37.3 Å². The number of benzene rings is 1. The molecule has 1 aliphatic rings. The summed E-state index contributed by atoms with van der Waals surface area (Å²) in [5.74, 6) is -0.0822. The maximum Gasteiger partial charge on any atom is 0.401 e. The van der Waals surface area contributed by atoms with Crippen LogP contribution in [0, 0.1) is 5.92 Å². The number of hydrogen-bond donors (Lipinski definition) is 2. The van der Waals surface area contributed by atoms with Gasteiger partial charge in [0.15, 0.2) is 0 Å². The number of nitrogens with two attached hydrogens (primary N) is 1. The van der Waals surface area contributed by atoms with Crippen molar-refractivity contribution in [3.05, 3.63) is 35.9 Å². The van der Waals surface area contributed by atoms with Gasteiger partial charge in [0.25, 0.3) is 0 Å². The third-order valence-corrected chi connectivity index (χ3v) is 5.26. The van der Waals surface area contributed by atoms with Crippen LogP contribution in [-0.4, -0.2) is 37.4 Å². The van der Waals surface area contributed by atoms with E-state index in [2.05, 4.69) is 22.3 Å². The van der Waals surface area contributed by atoms with Crippen LogP contribution in [0.25, 0.3) is 0 Å². The Labute approximate surface area is 136 Å². The molecule has 3 atom stereocenters. The molecule has 2 rings (SSSR count). The van der Waals surface area contributed by atoms with E-state index in [1.807, 2.05) is 39.2 Å². The van der Waals surface area contributed by atoms with Crippen molar-refractivity contribution in [3.63, 3.8) is 0 Å². The van der Waals surface area contributed by atoms with Gasteiger partial charge in [-0.2, -0.15) is 13.2 Å². The molecule has 0 amide bonds. The van der Waals surface area contributed by atoms with E-state index in [4.69, 9.17) is 5.73 Å². The van der Waals surface area contributed by atoms with Crippen LogP contribution in [0.2, 0.25) is 0 Å². The van der Waals surface area contributed by atoms with Crippen molar-refractivity contribution in [3.8, 4) is 0 Å². The van der Waals surface area contributed by atoms with Crippen molar-refractivity contribution in [2.75, 3.05) is 20.6 Å². The van der Waals surface area contributed by atoms with Crippen LogP contribution in [0.4, 0.5) is 13.2 Å². The summed E-state index contributed by atoms with van der Waals surface area (Å²) >= 11 is 0. The maximum atomic E-state index is 12.5. The maximum absolute atomic E-state index is 12.5. The molecule has 0 aromatic heterocycles. The largest absolute Gasteiger partial charge is 0.401 e. The summed E-state index contributed by atoms with van der Waals surface area (Å²) in [7, 11) is 4.04.